The predicted octanol–water partition coefficient (Wildman–Crippen LogP) is 2.58. The summed E-state index contributed by atoms with van der Waals surface area (Å²) in [6.45, 7) is 0. The first-order valence-electron chi connectivity index (χ1n) is 3.70. The lowest BCUT2D eigenvalue weighted by Gasteiger charge is -2.10. The molecule has 0 aromatic rings. The van der Waals surface area contributed by atoms with Crippen LogP contribution >= 0.6 is 11.6 Å². The van der Waals surface area contributed by atoms with Crippen molar-refractivity contribution >= 4 is 11.6 Å². The van der Waals surface area contributed by atoms with E-state index in [0.717, 1.165) is 11.8 Å². The Labute approximate surface area is 60.9 Å². The highest BCUT2D eigenvalue weighted by Crippen LogP contribution is 2.41. The van der Waals surface area contributed by atoms with Gasteiger partial charge in [-0.3, -0.25) is 0 Å². The molecule has 0 N–H and O–H groups in total. The van der Waals surface area contributed by atoms with Gasteiger partial charge in [0.25, 0.3) is 0 Å². The third-order valence-electron chi connectivity index (χ3n) is 2.58. The third-order valence-corrected chi connectivity index (χ3v) is 3.05. The molecule has 3 atom stereocenters. The summed E-state index contributed by atoms with van der Waals surface area (Å²) in [7, 11) is 0. The Morgan fingerprint density at radius 2 is 2.11 bits per heavy atom. The summed E-state index contributed by atoms with van der Waals surface area (Å²) >= 11 is 6.03. The second-order valence-electron chi connectivity index (χ2n) is 3.09. The number of alkyl halides is 1. The monoisotopic (exact) mass is 142 g/mol. The molecule has 0 radical (unpaired) electrons. The molecule has 0 nitrogen and oxygen atoms in total. The van der Waals surface area contributed by atoms with E-state index in [1.165, 1.54) is 19.3 Å². The number of halogens is 1. The van der Waals surface area contributed by atoms with Crippen LogP contribution in [0.4, 0.5) is 0 Å². The Morgan fingerprint density at radius 3 is 2.89 bits per heavy atom. The van der Waals surface area contributed by atoms with Gasteiger partial charge in [0.1, 0.15) is 0 Å². The van der Waals surface area contributed by atoms with Crippen molar-refractivity contribution in [2.24, 2.45) is 11.8 Å². The highest BCUT2D eigenvalue weighted by Gasteiger charge is 2.33. The SMILES string of the molecule is Cl[C@@H]1C=C[C@H]2CCC[C@@H]12. The van der Waals surface area contributed by atoms with Gasteiger partial charge in [-0.25, -0.2) is 0 Å². The van der Waals surface area contributed by atoms with Crippen LogP contribution < -0.4 is 0 Å². The van der Waals surface area contributed by atoms with Crippen LogP contribution in [0, 0.1) is 11.8 Å². The highest BCUT2D eigenvalue weighted by atomic mass is 35.5. The maximum atomic E-state index is 6.03. The average Bonchev–Trinajstić information content (AvgIpc) is 2.35. The van der Waals surface area contributed by atoms with Crippen LogP contribution in [0.5, 0.6) is 0 Å². The van der Waals surface area contributed by atoms with E-state index in [1.807, 2.05) is 0 Å². The topological polar surface area (TPSA) is 0 Å². The van der Waals surface area contributed by atoms with Crippen molar-refractivity contribution in [3.63, 3.8) is 0 Å². The van der Waals surface area contributed by atoms with Gasteiger partial charge in [-0.1, -0.05) is 18.6 Å². The molecule has 0 amide bonds. The van der Waals surface area contributed by atoms with E-state index in [4.69, 9.17) is 11.6 Å². The van der Waals surface area contributed by atoms with Gasteiger partial charge < -0.3 is 0 Å². The smallest absolute Gasteiger partial charge is 0.0549 e. The number of rotatable bonds is 0. The van der Waals surface area contributed by atoms with E-state index in [-0.39, 0.29) is 0 Å². The Hall–Kier alpha value is 0.0300. The molecule has 50 valence electrons. The number of hydrogen-bond donors (Lipinski definition) is 0. The molecular weight excluding hydrogens is 132 g/mol. The van der Waals surface area contributed by atoms with Gasteiger partial charge in [0.05, 0.1) is 5.38 Å². The zero-order chi connectivity index (χ0) is 6.27. The summed E-state index contributed by atoms with van der Waals surface area (Å²) in [5, 5.41) is 0.359. The first kappa shape index (κ1) is 5.79. The zero-order valence-corrected chi connectivity index (χ0v) is 6.14. The molecule has 0 unspecified atom stereocenters. The van der Waals surface area contributed by atoms with E-state index in [2.05, 4.69) is 12.2 Å². The largest absolute Gasteiger partial charge is 0.118 e. The molecule has 0 saturated heterocycles. The molecule has 0 aromatic heterocycles. The summed E-state index contributed by atoms with van der Waals surface area (Å²) < 4.78 is 0. The molecule has 1 heteroatoms. The van der Waals surface area contributed by atoms with E-state index in [9.17, 15) is 0 Å². The molecular formula is C8H11Cl. The Morgan fingerprint density at radius 1 is 1.22 bits per heavy atom. The number of hydrogen-bond acceptors (Lipinski definition) is 0. The van der Waals surface area contributed by atoms with Crippen LogP contribution in [0.3, 0.4) is 0 Å². The highest BCUT2D eigenvalue weighted by molar-refractivity contribution is 6.22. The summed E-state index contributed by atoms with van der Waals surface area (Å²) in [6, 6.07) is 0. The standard InChI is InChI=1S/C8H11Cl/c9-8-5-4-6-2-1-3-7(6)8/h4-8H,1-3H2/t6-,7-,8-/m1/s1. The van der Waals surface area contributed by atoms with Crippen molar-refractivity contribution in [3.8, 4) is 0 Å². The lowest BCUT2D eigenvalue weighted by molar-refractivity contribution is 0.501. The molecule has 0 aromatic carbocycles. The molecule has 0 bridgehead atoms. The summed E-state index contributed by atoms with van der Waals surface area (Å²) in [4.78, 5) is 0. The molecule has 1 fully saturated rings. The molecule has 0 aliphatic heterocycles. The van der Waals surface area contributed by atoms with Crippen LogP contribution in [0.2, 0.25) is 0 Å². The zero-order valence-electron chi connectivity index (χ0n) is 5.39. The van der Waals surface area contributed by atoms with Gasteiger partial charge in [-0.15, -0.1) is 11.6 Å². The molecule has 2 aliphatic carbocycles. The molecule has 0 heterocycles. The molecule has 2 rings (SSSR count). The first-order valence-corrected chi connectivity index (χ1v) is 4.14. The van der Waals surface area contributed by atoms with Crippen LogP contribution in [0.25, 0.3) is 0 Å². The maximum Gasteiger partial charge on any atom is 0.0549 e. The minimum absolute atomic E-state index is 0.359. The molecule has 9 heavy (non-hydrogen) atoms. The summed E-state index contributed by atoms with van der Waals surface area (Å²) in [5.74, 6) is 1.64. The van der Waals surface area contributed by atoms with E-state index in [1.54, 1.807) is 0 Å². The second-order valence-corrected chi connectivity index (χ2v) is 3.59. The molecule has 1 saturated carbocycles. The quantitative estimate of drug-likeness (QED) is 0.360. The van der Waals surface area contributed by atoms with Crippen LogP contribution in [-0.2, 0) is 0 Å². The van der Waals surface area contributed by atoms with Gasteiger partial charge in [0.15, 0.2) is 0 Å². The van der Waals surface area contributed by atoms with E-state index in [0.29, 0.717) is 5.38 Å². The van der Waals surface area contributed by atoms with Gasteiger partial charge >= 0.3 is 0 Å². The fourth-order valence-corrected chi connectivity index (χ4v) is 2.44. The van der Waals surface area contributed by atoms with Gasteiger partial charge in [-0.05, 0) is 24.7 Å². The number of allylic oxidation sites excluding steroid dienone is 2. The van der Waals surface area contributed by atoms with Crippen molar-refractivity contribution in [3.05, 3.63) is 12.2 Å². The molecule has 2 aliphatic rings. The second kappa shape index (κ2) is 2.02. The first-order chi connectivity index (χ1) is 4.38. The average molecular weight is 143 g/mol. The lowest BCUT2D eigenvalue weighted by atomic mass is 10.0. The van der Waals surface area contributed by atoms with Crippen molar-refractivity contribution in [1.29, 1.82) is 0 Å². The van der Waals surface area contributed by atoms with Crippen LogP contribution in [-0.4, -0.2) is 5.38 Å². The Bertz CT molecular complexity index is 140. The normalized spacial score (nSPS) is 47.9. The predicted molar refractivity (Wildman–Crippen MR) is 39.6 cm³/mol. The number of fused-ring (bicyclic) bond motifs is 1. The van der Waals surface area contributed by atoms with Crippen molar-refractivity contribution in [2.45, 2.75) is 24.6 Å². The van der Waals surface area contributed by atoms with Crippen LogP contribution in [0.15, 0.2) is 12.2 Å². The van der Waals surface area contributed by atoms with Gasteiger partial charge in [0.2, 0.25) is 0 Å². The van der Waals surface area contributed by atoms with Gasteiger partial charge in [-0.2, -0.15) is 0 Å². The maximum absolute atomic E-state index is 6.03. The minimum atomic E-state index is 0.359. The Kier molecular flexibility index (Phi) is 1.30. The third kappa shape index (κ3) is 0.806. The van der Waals surface area contributed by atoms with Gasteiger partial charge in [0, 0.05) is 0 Å². The fraction of sp³-hybridized carbons (Fsp3) is 0.750. The van der Waals surface area contributed by atoms with Crippen molar-refractivity contribution in [2.75, 3.05) is 0 Å². The van der Waals surface area contributed by atoms with Crippen LogP contribution in [0.1, 0.15) is 19.3 Å². The van der Waals surface area contributed by atoms with E-state index >= 15 is 0 Å². The van der Waals surface area contributed by atoms with Crippen molar-refractivity contribution in [1.82, 2.24) is 0 Å². The fourth-order valence-electron chi connectivity index (χ4n) is 2.04. The molecule has 0 spiro atoms. The summed E-state index contributed by atoms with van der Waals surface area (Å²) in [6.07, 6.45) is 8.59. The van der Waals surface area contributed by atoms with Crippen molar-refractivity contribution < 1.29 is 0 Å². The van der Waals surface area contributed by atoms with E-state index < -0.39 is 0 Å². The summed E-state index contributed by atoms with van der Waals surface area (Å²) in [5.41, 5.74) is 0. The Balaban J connectivity index is 2.15. The minimum Gasteiger partial charge on any atom is -0.118 e. The lowest BCUT2D eigenvalue weighted by Crippen LogP contribution is -2.08.